The van der Waals surface area contributed by atoms with Gasteiger partial charge in [-0.15, -0.1) is 0 Å². The Morgan fingerprint density at radius 3 is 3.00 bits per heavy atom. The second-order valence-corrected chi connectivity index (χ2v) is 3.38. The first-order valence-corrected chi connectivity index (χ1v) is 5.08. The van der Waals surface area contributed by atoms with Gasteiger partial charge in [-0.1, -0.05) is 6.92 Å². The minimum absolute atomic E-state index is 0.754. The Kier molecular flexibility index (Phi) is 2.87. The number of furan rings is 1. The molecule has 0 atom stereocenters. The van der Waals surface area contributed by atoms with Gasteiger partial charge in [0.2, 0.25) is 0 Å². The Morgan fingerprint density at radius 2 is 2.33 bits per heavy atom. The van der Waals surface area contributed by atoms with Crippen LogP contribution in [0.2, 0.25) is 0 Å². The molecule has 2 aromatic heterocycles. The molecule has 4 nitrogen and oxygen atoms in total. The molecule has 2 rings (SSSR count). The lowest BCUT2D eigenvalue weighted by Gasteiger charge is -2.03. The van der Waals surface area contributed by atoms with E-state index in [2.05, 4.69) is 17.3 Å². The van der Waals surface area contributed by atoms with Gasteiger partial charge in [-0.3, -0.25) is 4.68 Å². The number of hydrogen-bond acceptors (Lipinski definition) is 3. The van der Waals surface area contributed by atoms with Crippen LogP contribution in [0.15, 0.2) is 29.0 Å². The molecular weight excluding hydrogens is 190 g/mol. The number of nitrogens with zero attached hydrogens (tertiary/aromatic N) is 2. The summed E-state index contributed by atoms with van der Waals surface area (Å²) >= 11 is 0. The Balaban J connectivity index is 2.29. The Hall–Kier alpha value is -1.55. The minimum Gasteiger partial charge on any atom is -0.467 e. The molecule has 80 valence electrons. The molecule has 0 saturated heterocycles. The lowest BCUT2D eigenvalue weighted by Crippen LogP contribution is -2.11. The standard InChI is InChI=1S/C11H15N3O/c1-3-12-8-11-9(5-7-15-11)10-4-6-13-14(10)2/h4-7,12H,3,8H2,1-2H3. The Labute approximate surface area is 88.9 Å². The van der Waals surface area contributed by atoms with E-state index in [4.69, 9.17) is 4.42 Å². The highest BCUT2D eigenvalue weighted by atomic mass is 16.3. The van der Waals surface area contributed by atoms with Crippen molar-refractivity contribution in [1.82, 2.24) is 15.1 Å². The molecule has 0 bridgehead atoms. The molecular formula is C11H15N3O. The van der Waals surface area contributed by atoms with Gasteiger partial charge in [0.25, 0.3) is 0 Å². The number of rotatable bonds is 4. The van der Waals surface area contributed by atoms with E-state index in [0.29, 0.717) is 0 Å². The number of aromatic nitrogens is 2. The van der Waals surface area contributed by atoms with Crippen molar-refractivity contribution in [3.63, 3.8) is 0 Å². The molecule has 0 saturated carbocycles. The van der Waals surface area contributed by atoms with Crippen LogP contribution in [0.1, 0.15) is 12.7 Å². The number of nitrogens with one attached hydrogen (secondary N) is 1. The maximum Gasteiger partial charge on any atom is 0.126 e. The zero-order valence-electron chi connectivity index (χ0n) is 9.03. The highest BCUT2D eigenvalue weighted by Crippen LogP contribution is 2.23. The van der Waals surface area contributed by atoms with Gasteiger partial charge in [0.1, 0.15) is 5.76 Å². The second-order valence-electron chi connectivity index (χ2n) is 3.38. The van der Waals surface area contributed by atoms with Crippen molar-refractivity contribution in [1.29, 1.82) is 0 Å². The lowest BCUT2D eigenvalue weighted by atomic mass is 10.2. The predicted octanol–water partition coefficient (Wildman–Crippen LogP) is 1.79. The third-order valence-corrected chi connectivity index (χ3v) is 2.38. The van der Waals surface area contributed by atoms with Crippen molar-refractivity contribution in [2.75, 3.05) is 6.54 Å². The second kappa shape index (κ2) is 4.31. The van der Waals surface area contributed by atoms with Gasteiger partial charge in [-0.25, -0.2) is 0 Å². The molecule has 0 amide bonds. The van der Waals surface area contributed by atoms with Gasteiger partial charge in [-0.2, -0.15) is 5.10 Å². The fraction of sp³-hybridized carbons (Fsp3) is 0.364. The van der Waals surface area contributed by atoms with E-state index in [1.54, 1.807) is 12.5 Å². The van der Waals surface area contributed by atoms with Gasteiger partial charge >= 0.3 is 0 Å². The van der Waals surface area contributed by atoms with E-state index in [1.165, 1.54) is 0 Å². The van der Waals surface area contributed by atoms with E-state index >= 15 is 0 Å². The highest BCUT2D eigenvalue weighted by molar-refractivity contribution is 5.61. The van der Waals surface area contributed by atoms with E-state index < -0.39 is 0 Å². The van der Waals surface area contributed by atoms with E-state index in [1.807, 2.05) is 23.9 Å². The van der Waals surface area contributed by atoms with Gasteiger partial charge in [-0.05, 0) is 18.7 Å². The summed E-state index contributed by atoms with van der Waals surface area (Å²) in [6.07, 6.45) is 3.51. The van der Waals surface area contributed by atoms with Crippen LogP contribution in [0.3, 0.4) is 0 Å². The third-order valence-electron chi connectivity index (χ3n) is 2.38. The van der Waals surface area contributed by atoms with Crippen LogP contribution >= 0.6 is 0 Å². The molecule has 0 fully saturated rings. The zero-order chi connectivity index (χ0) is 10.7. The van der Waals surface area contributed by atoms with Crippen molar-refractivity contribution < 1.29 is 4.42 Å². The van der Waals surface area contributed by atoms with Gasteiger partial charge in [0, 0.05) is 18.8 Å². The molecule has 0 aliphatic rings. The zero-order valence-corrected chi connectivity index (χ0v) is 9.03. The summed E-state index contributed by atoms with van der Waals surface area (Å²) in [5.41, 5.74) is 2.19. The summed E-state index contributed by atoms with van der Waals surface area (Å²) in [4.78, 5) is 0. The van der Waals surface area contributed by atoms with E-state index in [9.17, 15) is 0 Å². The van der Waals surface area contributed by atoms with Crippen molar-refractivity contribution in [3.05, 3.63) is 30.4 Å². The molecule has 2 heterocycles. The fourth-order valence-corrected chi connectivity index (χ4v) is 1.58. The number of aryl methyl sites for hydroxylation is 1. The first kappa shape index (κ1) is 9.98. The Morgan fingerprint density at radius 1 is 1.47 bits per heavy atom. The third kappa shape index (κ3) is 1.94. The van der Waals surface area contributed by atoms with Crippen molar-refractivity contribution in [2.45, 2.75) is 13.5 Å². The summed E-state index contributed by atoms with van der Waals surface area (Å²) < 4.78 is 7.29. The molecule has 1 N–H and O–H groups in total. The summed E-state index contributed by atoms with van der Waals surface area (Å²) in [5.74, 6) is 0.959. The smallest absolute Gasteiger partial charge is 0.126 e. The predicted molar refractivity (Wildman–Crippen MR) is 58.3 cm³/mol. The largest absolute Gasteiger partial charge is 0.467 e. The van der Waals surface area contributed by atoms with Crippen LogP contribution in [0.4, 0.5) is 0 Å². The summed E-state index contributed by atoms with van der Waals surface area (Å²) in [6, 6.07) is 3.96. The molecule has 0 aromatic carbocycles. The summed E-state index contributed by atoms with van der Waals surface area (Å²) in [5, 5.41) is 7.40. The molecule has 0 radical (unpaired) electrons. The van der Waals surface area contributed by atoms with Crippen molar-refractivity contribution in [2.24, 2.45) is 7.05 Å². The molecule has 4 heteroatoms. The first-order valence-electron chi connectivity index (χ1n) is 5.08. The number of hydrogen-bond donors (Lipinski definition) is 1. The van der Waals surface area contributed by atoms with Gasteiger partial charge in [0.05, 0.1) is 18.5 Å². The molecule has 0 spiro atoms. The van der Waals surface area contributed by atoms with Crippen LogP contribution in [0.25, 0.3) is 11.3 Å². The quantitative estimate of drug-likeness (QED) is 0.827. The molecule has 0 unspecified atom stereocenters. The highest BCUT2D eigenvalue weighted by Gasteiger charge is 2.10. The van der Waals surface area contributed by atoms with Crippen LogP contribution in [-0.2, 0) is 13.6 Å². The van der Waals surface area contributed by atoms with Gasteiger partial charge < -0.3 is 9.73 Å². The van der Waals surface area contributed by atoms with Crippen LogP contribution in [-0.4, -0.2) is 16.3 Å². The summed E-state index contributed by atoms with van der Waals surface area (Å²) in [6.45, 7) is 3.77. The SMILES string of the molecule is CCNCc1occc1-c1ccnn1C. The molecule has 2 aromatic rings. The maximum absolute atomic E-state index is 5.44. The van der Waals surface area contributed by atoms with Crippen LogP contribution < -0.4 is 5.32 Å². The molecule has 0 aliphatic carbocycles. The maximum atomic E-state index is 5.44. The van der Waals surface area contributed by atoms with E-state index in [-0.39, 0.29) is 0 Å². The van der Waals surface area contributed by atoms with Crippen molar-refractivity contribution >= 4 is 0 Å². The average molecular weight is 205 g/mol. The normalized spacial score (nSPS) is 10.8. The fourth-order valence-electron chi connectivity index (χ4n) is 1.58. The summed E-state index contributed by atoms with van der Waals surface area (Å²) in [7, 11) is 1.93. The topological polar surface area (TPSA) is 43.0 Å². The monoisotopic (exact) mass is 205 g/mol. The van der Waals surface area contributed by atoms with Crippen LogP contribution in [0, 0.1) is 0 Å². The van der Waals surface area contributed by atoms with Gasteiger partial charge in [0.15, 0.2) is 0 Å². The molecule has 15 heavy (non-hydrogen) atoms. The minimum atomic E-state index is 0.754. The Bertz CT molecular complexity index is 430. The lowest BCUT2D eigenvalue weighted by molar-refractivity contribution is 0.488. The van der Waals surface area contributed by atoms with Crippen molar-refractivity contribution in [3.8, 4) is 11.3 Å². The molecule has 0 aliphatic heterocycles. The first-order chi connectivity index (χ1) is 7.33. The van der Waals surface area contributed by atoms with Crippen LogP contribution in [0.5, 0.6) is 0 Å². The van der Waals surface area contributed by atoms with E-state index in [0.717, 1.165) is 30.1 Å². The average Bonchev–Trinajstić information content (AvgIpc) is 2.82.